The van der Waals surface area contributed by atoms with E-state index < -0.39 is 0 Å². The average molecular weight is 371 g/mol. The molecule has 2 aromatic carbocycles. The van der Waals surface area contributed by atoms with Gasteiger partial charge in [-0.1, -0.05) is 55.8 Å². The van der Waals surface area contributed by atoms with Gasteiger partial charge in [-0.25, -0.2) is 4.99 Å². The van der Waals surface area contributed by atoms with Crippen LogP contribution >= 0.6 is 23.4 Å². The highest BCUT2D eigenvalue weighted by molar-refractivity contribution is 8.18. The zero-order valence-electron chi connectivity index (χ0n) is 14.1. The molecule has 0 atom stereocenters. The lowest BCUT2D eigenvalue weighted by atomic mass is 10.2. The van der Waals surface area contributed by atoms with Crippen LogP contribution in [0.2, 0.25) is 5.02 Å². The molecule has 0 saturated carbocycles. The molecule has 1 saturated heterocycles. The van der Waals surface area contributed by atoms with Gasteiger partial charge < -0.3 is 0 Å². The van der Waals surface area contributed by atoms with E-state index in [2.05, 4.69) is 18.8 Å². The second-order valence-electron chi connectivity index (χ2n) is 6.20. The Labute approximate surface area is 157 Å². The highest BCUT2D eigenvalue weighted by Gasteiger charge is 2.33. The number of hydrogen-bond donors (Lipinski definition) is 0. The van der Waals surface area contributed by atoms with Crippen LogP contribution in [0.25, 0.3) is 6.08 Å². The second-order valence-corrected chi connectivity index (χ2v) is 7.65. The molecule has 0 aromatic heterocycles. The molecule has 5 heteroatoms. The maximum absolute atomic E-state index is 12.8. The van der Waals surface area contributed by atoms with Gasteiger partial charge in [0.15, 0.2) is 5.17 Å². The van der Waals surface area contributed by atoms with Crippen molar-refractivity contribution in [1.29, 1.82) is 0 Å². The SMILES string of the molecule is CC(C)CN1C(=O)/C(=C/c2ccc(Cl)cc2)SC1=Nc1ccccc1. The van der Waals surface area contributed by atoms with Crippen molar-refractivity contribution in [2.45, 2.75) is 13.8 Å². The molecule has 1 amide bonds. The van der Waals surface area contributed by atoms with Gasteiger partial charge in [-0.2, -0.15) is 0 Å². The standard InChI is InChI=1S/C20H19ClN2OS/c1-14(2)13-23-19(24)18(12-15-8-10-16(21)11-9-15)25-20(23)22-17-6-4-3-5-7-17/h3-12,14H,13H2,1-2H3/b18-12-,22-20?. The van der Waals surface area contributed by atoms with E-state index in [0.29, 0.717) is 22.4 Å². The Kier molecular flexibility index (Phi) is 5.61. The van der Waals surface area contributed by atoms with Crippen molar-refractivity contribution in [2.24, 2.45) is 10.9 Å². The summed E-state index contributed by atoms with van der Waals surface area (Å²) in [4.78, 5) is 20.0. The number of amides is 1. The van der Waals surface area contributed by atoms with Gasteiger partial charge in [-0.05, 0) is 53.6 Å². The van der Waals surface area contributed by atoms with Gasteiger partial charge in [0.05, 0.1) is 10.6 Å². The molecule has 128 valence electrons. The average Bonchev–Trinajstić information content (AvgIpc) is 2.86. The molecule has 1 heterocycles. The Morgan fingerprint density at radius 3 is 2.44 bits per heavy atom. The summed E-state index contributed by atoms with van der Waals surface area (Å²) in [6.45, 7) is 4.84. The lowest BCUT2D eigenvalue weighted by Gasteiger charge is -2.17. The van der Waals surface area contributed by atoms with Gasteiger partial charge in [0.2, 0.25) is 0 Å². The van der Waals surface area contributed by atoms with Crippen LogP contribution in [0.5, 0.6) is 0 Å². The van der Waals surface area contributed by atoms with Crippen LogP contribution in [0.4, 0.5) is 5.69 Å². The Balaban J connectivity index is 1.93. The minimum absolute atomic E-state index is 0.00308. The van der Waals surface area contributed by atoms with Crippen LogP contribution in [0.3, 0.4) is 0 Å². The summed E-state index contributed by atoms with van der Waals surface area (Å²) in [5.41, 5.74) is 1.80. The van der Waals surface area contributed by atoms with E-state index in [1.165, 1.54) is 11.8 Å². The number of carbonyl (C=O) groups is 1. The van der Waals surface area contributed by atoms with Crippen molar-refractivity contribution in [3.05, 3.63) is 70.1 Å². The summed E-state index contributed by atoms with van der Waals surface area (Å²) in [6, 6.07) is 17.2. The molecular weight excluding hydrogens is 352 g/mol. The Bertz CT molecular complexity index is 813. The summed E-state index contributed by atoms with van der Waals surface area (Å²) in [5.74, 6) is 0.365. The zero-order valence-corrected chi connectivity index (χ0v) is 15.7. The Hall–Kier alpha value is -2.04. The molecule has 0 unspecified atom stereocenters. The van der Waals surface area contributed by atoms with E-state index in [4.69, 9.17) is 11.6 Å². The minimum Gasteiger partial charge on any atom is -0.286 e. The first-order valence-corrected chi connectivity index (χ1v) is 9.33. The van der Waals surface area contributed by atoms with Crippen molar-refractivity contribution in [3.8, 4) is 0 Å². The van der Waals surface area contributed by atoms with Crippen LogP contribution in [0.1, 0.15) is 19.4 Å². The predicted octanol–water partition coefficient (Wildman–Crippen LogP) is 5.60. The van der Waals surface area contributed by atoms with Crippen LogP contribution < -0.4 is 0 Å². The Morgan fingerprint density at radius 2 is 1.80 bits per heavy atom. The molecule has 1 fully saturated rings. The maximum atomic E-state index is 12.8. The molecule has 3 nitrogen and oxygen atoms in total. The molecule has 1 aliphatic rings. The third kappa shape index (κ3) is 4.53. The monoisotopic (exact) mass is 370 g/mol. The van der Waals surface area contributed by atoms with Crippen molar-refractivity contribution in [3.63, 3.8) is 0 Å². The van der Waals surface area contributed by atoms with E-state index >= 15 is 0 Å². The van der Waals surface area contributed by atoms with Crippen molar-refractivity contribution in [1.82, 2.24) is 4.90 Å². The molecule has 0 N–H and O–H groups in total. The molecule has 0 spiro atoms. The number of rotatable bonds is 4. The van der Waals surface area contributed by atoms with E-state index in [-0.39, 0.29) is 5.91 Å². The number of aliphatic imine (C=N–C) groups is 1. The van der Waals surface area contributed by atoms with Crippen molar-refractivity contribution in [2.75, 3.05) is 6.54 Å². The first kappa shape index (κ1) is 17.8. The summed E-state index contributed by atoms with van der Waals surface area (Å²) >= 11 is 7.35. The number of halogens is 1. The first-order valence-electron chi connectivity index (χ1n) is 8.13. The molecule has 0 bridgehead atoms. The molecule has 1 aliphatic heterocycles. The number of nitrogens with zero attached hydrogens (tertiary/aromatic N) is 2. The van der Waals surface area contributed by atoms with Gasteiger partial charge >= 0.3 is 0 Å². The predicted molar refractivity (Wildman–Crippen MR) is 107 cm³/mol. The number of para-hydroxylation sites is 1. The summed E-state index contributed by atoms with van der Waals surface area (Å²) in [6.07, 6.45) is 1.89. The number of amidine groups is 1. The summed E-state index contributed by atoms with van der Waals surface area (Å²) < 4.78 is 0. The van der Waals surface area contributed by atoms with Crippen LogP contribution in [0.15, 0.2) is 64.5 Å². The van der Waals surface area contributed by atoms with Crippen LogP contribution in [0, 0.1) is 5.92 Å². The summed E-state index contributed by atoms with van der Waals surface area (Å²) in [7, 11) is 0. The molecule has 25 heavy (non-hydrogen) atoms. The lowest BCUT2D eigenvalue weighted by molar-refractivity contribution is -0.122. The van der Waals surface area contributed by atoms with Crippen molar-refractivity contribution >= 4 is 46.2 Å². The van der Waals surface area contributed by atoms with Gasteiger partial charge in [0, 0.05) is 11.6 Å². The number of hydrogen-bond acceptors (Lipinski definition) is 3. The van der Waals surface area contributed by atoms with Gasteiger partial charge in [0.1, 0.15) is 0 Å². The third-order valence-corrected chi connectivity index (χ3v) is 4.84. The second kappa shape index (κ2) is 7.89. The van der Waals surface area contributed by atoms with E-state index in [1.807, 2.05) is 60.7 Å². The fourth-order valence-electron chi connectivity index (χ4n) is 2.44. The molecule has 0 aliphatic carbocycles. The third-order valence-electron chi connectivity index (χ3n) is 3.58. The molecule has 2 aromatic rings. The number of thioether (sulfide) groups is 1. The maximum Gasteiger partial charge on any atom is 0.266 e. The van der Waals surface area contributed by atoms with Gasteiger partial charge in [-0.15, -0.1) is 0 Å². The van der Waals surface area contributed by atoms with E-state index in [1.54, 1.807) is 4.90 Å². The van der Waals surface area contributed by atoms with Crippen molar-refractivity contribution < 1.29 is 4.79 Å². The fraction of sp³-hybridized carbons (Fsp3) is 0.200. The van der Waals surface area contributed by atoms with Gasteiger partial charge in [0.25, 0.3) is 5.91 Å². The molecule has 3 rings (SSSR count). The zero-order chi connectivity index (χ0) is 17.8. The van der Waals surface area contributed by atoms with Gasteiger partial charge in [-0.3, -0.25) is 9.69 Å². The van der Waals surface area contributed by atoms with E-state index in [0.717, 1.165) is 16.4 Å². The number of benzene rings is 2. The highest BCUT2D eigenvalue weighted by Crippen LogP contribution is 2.34. The highest BCUT2D eigenvalue weighted by atomic mass is 35.5. The largest absolute Gasteiger partial charge is 0.286 e. The van der Waals surface area contributed by atoms with E-state index in [9.17, 15) is 4.79 Å². The number of carbonyl (C=O) groups excluding carboxylic acids is 1. The molecular formula is C20H19ClN2OS. The van der Waals surface area contributed by atoms with Crippen LogP contribution in [-0.4, -0.2) is 22.5 Å². The quantitative estimate of drug-likeness (QED) is 0.656. The van der Waals surface area contributed by atoms with Crippen LogP contribution in [-0.2, 0) is 4.79 Å². The first-order chi connectivity index (χ1) is 12.0. The smallest absolute Gasteiger partial charge is 0.266 e. The Morgan fingerprint density at radius 1 is 1.12 bits per heavy atom. The minimum atomic E-state index is 0.00308. The fourth-order valence-corrected chi connectivity index (χ4v) is 3.57. The summed E-state index contributed by atoms with van der Waals surface area (Å²) in [5, 5.41) is 1.41. The lowest BCUT2D eigenvalue weighted by Crippen LogP contribution is -2.32. The topological polar surface area (TPSA) is 32.7 Å². The molecule has 0 radical (unpaired) electrons. The normalized spacial score (nSPS) is 17.9.